The zero-order valence-corrected chi connectivity index (χ0v) is 18.9. The molecule has 4 aromatic rings. The Hall–Kier alpha value is -3.56. The summed E-state index contributed by atoms with van der Waals surface area (Å²) in [6, 6.07) is 20.0. The third-order valence-corrected chi connectivity index (χ3v) is 6.04. The van der Waals surface area contributed by atoms with Crippen LogP contribution in [0.25, 0.3) is 10.7 Å². The van der Waals surface area contributed by atoms with Gasteiger partial charge in [0.05, 0.1) is 10.9 Å². The molecule has 3 N–H and O–H groups in total. The van der Waals surface area contributed by atoms with Crippen LogP contribution in [0.15, 0.2) is 72.1 Å². The van der Waals surface area contributed by atoms with Crippen molar-refractivity contribution in [3.8, 4) is 10.7 Å². The Morgan fingerprint density at radius 2 is 1.94 bits per heavy atom. The second-order valence-electron chi connectivity index (χ2n) is 7.15. The number of thiophene rings is 1. The van der Waals surface area contributed by atoms with E-state index in [0.29, 0.717) is 21.8 Å². The molecule has 2 heterocycles. The van der Waals surface area contributed by atoms with Crippen molar-refractivity contribution in [1.29, 1.82) is 0 Å². The Bertz CT molecular complexity index is 1280. The molecular weight excluding hydrogens is 442 g/mol. The lowest BCUT2D eigenvalue weighted by Crippen LogP contribution is -2.30. The second-order valence-corrected chi connectivity index (χ2v) is 8.49. The summed E-state index contributed by atoms with van der Waals surface area (Å²) in [5.74, 6) is 0.264. The maximum absolute atomic E-state index is 12.7. The minimum absolute atomic E-state index is 0.0529. The van der Waals surface area contributed by atoms with Crippen molar-refractivity contribution in [3.63, 3.8) is 0 Å². The van der Waals surface area contributed by atoms with Gasteiger partial charge in [0.2, 0.25) is 5.91 Å². The highest BCUT2D eigenvalue weighted by molar-refractivity contribution is 7.71. The van der Waals surface area contributed by atoms with Crippen LogP contribution in [-0.2, 0) is 11.3 Å². The van der Waals surface area contributed by atoms with Gasteiger partial charge in [-0.2, -0.15) is 5.10 Å². The van der Waals surface area contributed by atoms with E-state index in [0.717, 1.165) is 10.4 Å². The van der Waals surface area contributed by atoms with Crippen molar-refractivity contribution in [2.45, 2.75) is 19.5 Å². The van der Waals surface area contributed by atoms with Crippen LogP contribution in [0.1, 0.15) is 28.9 Å². The van der Waals surface area contributed by atoms with Crippen LogP contribution in [0.5, 0.6) is 0 Å². The molecule has 1 atom stereocenters. The average molecular weight is 464 g/mol. The number of anilines is 1. The van der Waals surface area contributed by atoms with Gasteiger partial charge in [-0.05, 0) is 60.4 Å². The van der Waals surface area contributed by atoms with Crippen LogP contribution in [0.4, 0.5) is 5.69 Å². The van der Waals surface area contributed by atoms with Crippen molar-refractivity contribution >= 4 is 41.1 Å². The van der Waals surface area contributed by atoms with E-state index in [4.69, 9.17) is 12.2 Å². The number of hydrogen-bond acceptors (Lipinski definition) is 5. The molecule has 0 saturated carbocycles. The van der Waals surface area contributed by atoms with Gasteiger partial charge in [0.1, 0.15) is 6.54 Å². The summed E-state index contributed by atoms with van der Waals surface area (Å²) in [6.07, 6.45) is 0. The monoisotopic (exact) mass is 463 g/mol. The summed E-state index contributed by atoms with van der Waals surface area (Å²) in [5, 5.41) is 14.8. The fraction of sp³-hybridized carbons (Fsp3) is 0.130. The summed E-state index contributed by atoms with van der Waals surface area (Å²) >= 11 is 6.83. The number of nitrogens with zero attached hydrogens (tertiary/aromatic N) is 2. The SMILES string of the molecule is CC(NC(=O)Cn1c(-c2cccs2)n[nH]c1=S)c1cccc(NC(=O)c2ccccc2)c1. The standard InChI is InChI=1S/C23H21N5O2S2/c1-15(17-9-5-10-18(13-17)25-22(30)16-7-3-2-4-8-16)24-20(29)14-28-21(26-27-23(28)31)19-11-6-12-32-19/h2-13,15H,14H2,1H3,(H,24,29)(H,25,30)(H,27,31). The molecule has 2 aromatic heterocycles. The highest BCUT2D eigenvalue weighted by Gasteiger charge is 2.16. The quantitative estimate of drug-likeness (QED) is 0.343. The Morgan fingerprint density at radius 3 is 2.69 bits per heavy atom. The van der Waals surface area contributed by atoms with Crippen LogP contribution in [0.3, 0.4) is 0 Å². The number of aromatic nitrogens is 3. The highest BCUT2D eigenvalue weighted by Crippen LogP contribution is 2.23. The first kappa shape index (κ1) is 21.7. The number of benzene rings is 2. The first-order valence-electron chi connectivity index (χ1n) is 9.96. The van der Waals surface area contributed by atoms with Crippen LogP contribution in [-0.4, -0.2) is 26.6 Å². The number of carbonyl (C=O) groups is 2. The zero-order valence-electron chi connectivity index (χ0n) is 17.2. The predicted molar refractivity (Wildman–Crippen MR) is 128 cm³/mol. The van der Waals surface area contributed by atoms with Gasteiger partial charge < -0.3 is 10.6 Å². The number of H-pyrrole nitrogens is 1. The summed E-state index contributed by atoms with van der Waals surface area (Å²) in [6.45, 7) is 1.95. The van der Waals surface area contributed by atoms with Crippen LogP contribution in [0.2, 0.25) is 0 Å². The van der Waals surface area contributed by atoms with Gasteiger partial charge in [-0.25, -0.2) is 0 Å². The number of hydrogen-bond donors (Lipinski definition) is 3. The topological polar surface area (TPSA) is 91.8 Å². The van der Waals surface area contributed by atoms with E-state index in [2.05, 4.69) is 20.8 Å². The fourth-order valence-electron chi connectivity index (χ4n) is 3.25. The normalized spacial score (nSPS) is 11.7. The molecule has 0 aliphatic carbocycles. The molecule has 0 aliphatic rings. The lowest BCUT2D eigenvalue weighted by Gasteiger charge is -2.16. The Morgan fingerprint density at radius 1 is 1.12 bits per heavy atom. The number of aromatic amines is 1. The molecule has 0 aliphatic heterocycles. The third-order valence-electron chi connectivity index (χ3n) is 4.86. The predicted octanol–water partition coefficient (Wildman–Crippen LogP) is 4.80. The van der Waals surface area contributed by atoms with Gasteiger partial charge in [0.25, 0.3) is 5.91 Å². The molecule has 0 bridgehead atoms. The van der Waals surface area contributed by atoms with E-state index in [1.54, 1.807) is 16.7 Å². The second kappa shape index (κ2) is 9.71. The number of nitrogens with one attached hydrogen (secondary N) is 3. The molecule has 32 heavy (non-hydrogen) atoms. The van der Waals surface area contributed by atoms with E-state index in [1.807, 2.05) is 66.9 Å². The first-order chi connectivity index (χ1) is 15.5. The summed E-state index contributed by atoms with van der Waals surface area (Å²) < 4.78 is 2.07. The minimum Gasteiger partial charge on any atom is -0.348 e. The zero-order chi connectivity index (χ0) is 22.5. The largest absolute Gasteiger partial charge is 0.348 e. The maximum atomic E-state index is 12.7. The number of amides is 2. The van der Waals surface area contributed by atoms with Crippen LogP contribution in [0, 0.1) is 4.77 Å². The van der Waals surface area contributed by atoms with E-state index < -0.39 is 0 Å². The molecule has 0 radical (unpaired) electrons. The summed E-state index contributed by atoms with van der Waals surface area (Å²) in [7, 11) is 0. The summed E-state index contributed by atoms with van der Waals surface area (Å²) in [4.78, 5) is 26.1. The van der Waals surface area contributed by atoms with Crippen LogP contribution < -0.4 is 10.6 Å². The molecule has 1 unspecified atom stereocenters. The molecule has 0 saturated heterocycles. The third kappa shape index (κ3) is 5.01. The van der Waals surface area contributed by atoms with E-state index >= 15 is 0 Å². The van der Waals surface area contributed by atoms with Gasteiger partial charge in [-0.15, -0.1) is 11.3 Å². The van der Waals surface area contributed by atoms with E-state index in [-0.39, 0.29) is 24.4 Å². The average Bonchev–Trinajstić information content (AvgIpc) is 3.45. The van der Waals surface area contributed by atoms with E-state index in [9.17, 15) is 9.59 Å². The summed E-state index contributed by atoms with van der Waals surface area (Å²) in [5.41, 5.74) is 2.12. The van der Waals surface area contributed by atoms with Crippen molar-refractivity contribution < 1.29 is 9.59 Å². The molecule has 162 valence electrons. The van der Waals surface area contributed by atoms with Gasteiger partial charge >= 0.3 is 0 Å². The molecule has 4 rings (SSSR count). The smallest absolute Gasteiger partial charge is 0.255 e. The van der Waals surface area contributed by atoms with Gasteiger partial charge in [0.15, 0.2) is 10.6 Å². The fourth-order valence-corrected chi connectivity index (χ4v) is 4.17. The molecule has 9 heteroatoms. The van der Waals surface area contributed by atoms with Gasteiger partial charge in [0, 0.05) is 11.3 Å². The van der Waals surface area contributed by atoms with Crippen molar-refractivity contribution in [1.82, 2.24) is 20.1 Å². The Balaban J connectivity index is 1.42. The van der Waals surface area contributed by atoms with Crippen molar-refractivity contribution in [2.24, 2.45) is 0 Å². The minimum atomic E-state index is -0.262. The Labute approximate surface area is 194 Å². The van der Waals surface area contributed by atoms with Gasteiger partial charge in [-0.3, -0.25) is 19.3 Å². The highest BCUT2D eigenvalue weighted by atomic mass is 32.1. The number of rotatable bonds is 7. The molecule has 2 amide bonds. The molecule has 2 aromatic carbocycles. The molecular formula is C23H21N5O2S2. The number of carbonyl (C=O) groups excluding carboxylic acids is 2. The maximum Gasteiger partial charge on any atom is 0.255 e. The first-order valence-corrected chi connectivity index (χ1v) is 11.2. The van der Waals surface area contributed by atoms with Crippen LogP contribution >= 0.6 is 23.6 Å². The van der Waals surface area contributed by atoms with Gasteiger partial charge in [-0.1, -0.05) is 36.4 Å². The van der Waals surface area contributed by atoms with Crippen molar-refractivity contribution in [2.75, 3.05) is 5.32 Å². The van der Waals surface area contributed by atoms with E-state index in [1.165, 1.54) is 11.3 Å². The molecule has 0 fully saturated rings. The lowest BCUT2D eigenvalue weighted by atomic mass is 10.1. The van der Waals surface area contributed by atoms with Crippen molar-refractivity contribution in [3.05, 3.63) is 88.0 Å². The Kier molecular flexibility index (Phi) is 6.58. The molecule has 7 nitrogen and oxygen atoms in total. The lowest BCUT2D eigenvalue weighted by molar-refractivity contribution is -0.122. The molecule has 0 spiro atoms.